The van der Waals surface area contributed by atoms with E-state index in [0.29, 0.717) is 12.5 Å². The van der Waals surface area contributed by atoms with Gasteiger partial charge in [0, 0.05) is 5.69 Å². The Bertz CT molecular complexity index is 554. The summed E-state index contributed by atoms with van der Waals surface area (Å²) < 4.78 is 11.0. The van der Waals surface area contributed by atoms with Gasteiger partial charge in [-0.15, -0.1) is 0 Å². The zero-order chi connectivity index (χ0) is 18.4. The molecular weight excluding hydrogens is 344 g/mol. The highest BCUT2D eigenvalue weighted by Gasteiger charge is 2.42. The van der Waals surface area contributed by atoms with Gasteiger partial charge in [-0.25, -0.2) is 0 Å². The van der Waals surface area contributed by atoms with Gasteiger partial charge in [-0.2, -0.15) is 0 Å². The molecule has 1 aromatic carbocycles. The number of anilines is 1. The van der Waals surface area contributed by atoms with Gasteiger partial charge in [0.15, 0.2) is 11.3 Å². The van der Waals surface area contributed by atoms with Crippen molar-refractivity contribution in [2.24, 2.45) is 5.92 Å². The number of aliphatic hydroxyl groups excluding tert-OH is 3. The van der Waals surface area contributed by atoms with Crippen molar-refractivity contribution in [2.75, 3.05) is 18.5 Å². The minimum absolute atomic E-state index is 0.239. The average Bonchev–Trinajstić information content (AvgIpc) is 2.84. The van der Waals surface area contributed by atoms with Gasteiger partial charge in [-0.3, -0.25) is 0 Å². The standard InChI is InChI=1S/C17H26N2O5S/c1-10(2)7-8-23-12-5-3-11(4-6-12)18-17(25)19-16-15(22)14(21)13(9-20)24-16/h3-6,10,13-16,20-22H,7-9H2,1-2H3,(H2,18,19,25)/t13?,14-,15-,16?/m1/s1. The van der Waals surface area contributed by atoms with Crippen LogP contribution in [0.25, 0.3) is 0 Å². The van der Waals surface area contributed by atoms with E-state index in [-0.39, 0.29) is 11.7 Å². The van der Waals surface area contributed by atoms with Gasteiger partial charge in [0.2, 0.25) is 0 Å². The molecule has 0 aliphatic carbocycles. The van der Waals surface area contributed by atoms with Gasteiger partial charge in [0.1, 0.15) is 24.1 Å². The van der Waals surface area contributed by atoms with Crippen molar-refractivity contribution in [1.82, 2.24) is 5.32 Å². The lowest BCUT2D eigenvalue weighted by Crippen LogP contribution is -2.45. The Balaban J connectivity index is 1.80. The van der Waals surface area contributed by atoms with E-state index < -0.39 is 24.5 Å². The lowest BCUT2D eigenvalue weighted by Gasteiger charge is -2.19. The number of thiocarbonyl (C=S) groups is 1. The van der Waals surface area contributed by atoms with Crippen molar-refractivity contribution < 1.29 is 24.8 Å². The third kappa shape index (κ3) is 5.79. The number of nitrogens with one attached hydrogen (secondary N) is 2. The van der Waals surface area contributed by atoms with Crippen molar-refractivity contribution >= 4 is 23.0 Å². The number of hydrogen-bond donors (Lipinski definition) is 5. The van der Waals surface area contributed by atoms with Crippen LogP contribution in [-0.4, -0.2) is 58.2 Å². The maximum Gasteiger partial charge on any atom is 0.172 e. The van der Waals surface area contributed by atoms with Crippen LogP contribution >= 0.6 is 12.2 Å². The topological polar surface area (TPSA) is 103 Å². The van der Waals surface area contributed by atoms with E-state index in [9.17, 15) is 10.2 Å². The molecule has 25 heavy (non-hydrogen) atoms. The van der Waals surface area contributed by atoms with Crippen LogP contribution in [-0.2, 0) is 4.74 Å². The Labute approximate surface area is 153 Å². The van der Waals surface area contributed by atoms with Crippen LogP contribution in [0.1, 0.15) is 20.3 Å². The van der Waals surface area contributed by atoms with Crippen LogP contribution in [0.5, 0.6) is 5.75 Å². The van der Waals surface area contributed by atoms with E-state index in [2.05, 4.69) is 24.5 Å². The van der Waals surface area contributed by atoms with Crippen LogP contribution in [0.2, 0.25) is 0 Å². The van der Waals surface area contributed by atoms with E-state index in [1.807, 2.05) is 24.3 Å². The smallest absolute Gasteiger partial charge is 0.172 e. The monoisotopic (exact) mass is 370 g/mol. The van der Waals surface area contributed by atoms with Crippen molar-refractivity contribution in [3.63, 3.8) is 0 Å². The molecule has 1 aliphatic heterocycles. The molecule has 0 amide bonds. The highest BCUT2D eigenvalue weighted by Crippen LogP contribution is 2.20. The fraction of sp³-hybridized carbons (Fsp3) is 0.588. The van der Waals surface area contributed by atoms with Crippen molar-refractivity contribution in [3.05, 3.63) is 24.3 Å². The van der Waals surface area contributed by atoms with Crippen LogP contribution in [0.3, 0.4) is 0 Å². The molecule has 0 spiro atoms. The highest BCUT2D eigenvalue weighted by atomic mass is 32.1. The third-order valence-corrected chi connectivity index (χ3v) is 4.11. The van der Waals surface area contributed by atoms with Crippen molar-refractivity contribution in [2.45, 2.75) is 44.8 Å². The highest BCUT2D eigenvalue weighted by molar-refractivity contribution is 7.80. The molecule has 1 aromatic rings. The Kier molecular flexibility index (Phi) is 7.39. The van der Waals surface area contributed by atoms with Gasteiger partial charge < -0.3 is 35.4 Å². The molecule has 2 unspecified atom stereocenters. The van der Waals surface area contributed by atoms with E-state index in [0.717, 1.165) is 17.9 Å². The normalized spacial score (nSPS) is 25.8. The van der Waals surface area contributed by atoms with Gasteiger partial charge in [0.25, 0.3) is 0 Å². The average molecular weight is 370 g/mol. The van der Waals surface area contributed by atoms with Gasteiger partial charge in [0.05, 0.1) is 13.2 Å². The fourth-order valence-corrected chi connectivity index (χ4v) is 2.60. The van der Waals surface area contributed by atoms with E-state index in [1.165, 1.54) is 0 Å². The molecule has 0 radical (unpaired) electrons. The number of ether oxygens (including phenoxy) is 2. The maximum atomic E-state index is 9.88. The second-order valence-electron chi connectivity index (χ2n) is 6.41. The summed E-state index contributed by atoms with van der Waals surface area (Å²) in [6.07, 6.45) is -3.05. The minimum atomic E-state index is -1.17. The molecule has 4 atom stereocenters. The summed E-state index contributed by atoms with van der Waals surface area (Å²) in [7, 11) is 0. The first kappa shape index (κ1) is 19.9. The Hall–Kier alpha value is -1.45. The van der Waals surface area contributed by atoms with E-state index in [4.69, 9.17) is 26.8 Å². The van der Waals surface area contributed by atoms with Crippen molar-refractivity contribution in [1.29, 1.82) is 0 Å². The summed E-state index contributed by atoms with van der Waals surface area (Å²) in [5, 5.41) is 34.7. The second-order valence-corrected chi connectivity index (χ2v) is 6.82. The molecule has 0 aromatic heterocycles. The molecule has 8 heteroatoms. The lowest BCUT2D eigenvalue weighted by atomic mass is 10.1. The first-order chi connectivity index (χ1) is 11.9. The molecule has 1 fully saturated rings. The predicted molar refractivity (Wildman–Crippen MR) is 98.5 cm³/mol. The SMILES string of the molecule is CC(C)CCOc1ccc(NC(=S)NC2OC(CO)[C@@H](O)[C@H]2O)cc1. The summed E-state index contributed by atoms with van der Waals surface area (Å²) in [5.74, 6) is 1.38. The first-order valence-electron chi connectivity index (χ1n) is 8.33. The molecule has 1 saturated heterocycles. The Morgan fingerprint density at radius 3 is 2.48 bits per heavy atom. The van der Waals surface area contributed by atoms with Gasteiger partial charge in [-0.05, 0) is 48.8 Å². The number of rotatable bonds is 7. The zero-order valence-electron chi connectivity index (χ0n) is 14.4. The molecule has 1 heterocycles. The Morgan fingerprint density at radius 1 is 1.24 bits per heavy atom. The molecule has 0 bridgehead atoms. The van der Waals surface area contributed by atoms with Gasteiger partial charge >= 0.3 is 0 Å². The largest absolute Gasteiger partial charge is 0.494 e. The van der Waals surface area contributed by atoms with Crippen molar-refractivity contribution in [3.8, 4) is 5.75 Å². The van der Waals surface area contributed by atoms with E-state index in [1.54, 1.807) is 0 Å². The predicted octanol–water partition coefficient (Wildman–Crippen LogP) is 0.837. The van der Waals surface area contributed by atoms with Crippen LogP contribution in [0, 0.1) is 5.92 Å². The maximum absolute atomic E-state index is 9.88. The summed E-state index contributed by atoms with van der Waals surface area (Å²) in [5.41, 5.74) is 0.750. The summed E-state index contributed by atoms with van der Waals surface area (Å²) in [6.45, 7) is 4.60. The third-order valence-electron chi connectivity index (χ3n) is 3.89. The summed E-state index contributed by atoms with van der Waals surface area (Å²) in [4.78, 5) is 0. The minimum Gasteiger partial charge on any atom is -0.494 e. The number of aliphatic hydroxyl groups is 3. The quantitative estimate of drug-likeness (QED) is 0.450. The zero-order valence-corrected chi connectivity index (χ0v) is 15.2. The van der Waals surface area contributed by atoms with Crippen LogP contribution in [0.4, 0.5) is 5.69 Å². The second kappa shape index (κ2) is 9.30. The molecule has 2 rings (SSSR count). The molecule has 0 saturated carbocycles. The summed E-state index contributed by atoms with van der Waals surface area (Å²) in [6, 6.07) is 7.35. The van der Waals surface area contributed by atoms with E-state index >= 15 is 0 Å². The summed E-state index contributed by atoms with van der Waals surface area (Å²) >= 11 is 5.18. The first-order valence-corrected chi connectivity index (χ1v) is 8.74. The molecule has 7 nitrogen and oxygen atoms in total. The number of hydrogen-bond acceptors (Lipinski definition) is 6. The fourth-order valence-electron chi connectivity index (χ4n) is 2.36. The number of benzene rings is 1. The molecule has 140 valence electrons. The molecular formula is C17H26N2O5S. The van der Waals surface area contributed by atoms with Crippen LogP contribution in [0.15, 0.2) is 24.3 Å². The molecule has 5 N–H and O–H groups in total. The lowest BCUT2D eigenvalue weighted by molar-refractivity contribution is -0.0260. The van der Waals surface area contributed by atoms with Gasteiger partial charge in [-0.1, -0.05) is 13.8 Å². The van der Waals surface area contributed by atoms with Crippen LogP contribution < -0.4 is 15.4 Å². The molecule has 1 aliphatic rings. The Morgan fingerprint density at radius 2 is 1.92 bits per heavy atom.